The van der Waals surface area contributed by atoms with Gasteiger partial charge in [0.25, 0.3) is 0 Å². The standard InChI is InChI=1S/C20H20N6/c1-24-19(6-9-22-24)16-5-8-21-18-14-25(13-17(16)18)11-7-15-12-26-10-3-2-4-20(26)23-15/h2-6,8-10,12H,7,11,13-14H2,1H3. The van der Waals surface area contributed by atoms with Crippen molar-refractivity contribution < 1.29 is 0 Å². The molecule has 0 aromatic carbocycles. The molecular formula is C20H20N6. The van der Waals surface area contributed by atoms with Crippen molar-refractivity contribution >= 4 is 5.65 Å². The van der Waals surface area contributed by atoms with Crippen LogP contribution in [0.25, 0.3) is 16.9 Å². The van der Waals surface area contributed by atoms with E-state index in [1.54, 1.807) is 0 Å². The van der Waals surface area contributed by atoms with Gasteiger partial charge in [0.15, 0.2) is 0 Å². The minimum absolute atomic E-state index is 0.897. The molecule has 0 fully saturated rings. The highest BCUT2D eigenvalue weighted by Gasteiger charge is 2.24. The van der Waals surface area contributed by atoms with Crippen LogP contribution in [0.2, 0.25) is 0 Å². The minimum Gasteiger partial charge on any atom is -0.307 e. The van der Waals surface area contributed by atoms with Gasteiger partial charge in [-0.25, -0.2) is 4.98 Å². The number of fused-ring (bicyclic) bond motifs is 2. The molecule has 6 heteroatoms. The van der Waals surface area contributed by atoms with Crippen LogP contribution < -0.4 is 0 Å². The van der Waals surface area contributed by atoms with Crippen molar-refractivity contribution in [2.24, 2.45) is 7.05 Å². The zero-order valence-electron chi connectivity index (χ0n) is 14.7. The Morgan fingerprint density at radius 2 is 2.04 bits per heavy atom. The number of nitrogens with zero attached hydrogens (tertiary/aromatic N) is 6. The van der Waals surface area contributed by atoms with E-state index >= 15 is 0 Å². The quantitative estimate of drug-likeness (QED) is 0.571. The van der Waals surface area contributed by atoms with Crippen LogP contribution in [0.3, 0.4) is 0 Å². The van der Waals surface area contributed by atoms with E-state index in [9.17, 15) is 0 Å². The average Bonchev–Trinajstić information content (AvgIpc) is 3.36. The molecule has 0 amide bonds. The van der Waals surface area contributed by atoms with E-state index in [0.29, 0.717) is 0 Å². The van der Waals surface area contributed by atoms with Crippen molar-refractivity contribution in [1.29, 1.82) is 0 Å². The molecule has 0 spiro atoms. The molecule has 0 saturated carbocycles. The van der Waals surface area contributed by atoms with Gasteiger partial charge in [0.1, 0.15) is 5.65 Å². The van der Waals surface area contributed by atoms with E-state index in [1.165, 1.54) is 16.8 Å². The lowest BCUT2D eigenvalue weighted by atomic mass is 10.1. The molecule has 0 radical (unpaired) electrons. The molecule has 5 heterocycles. The summed E-state index contributed by atoms with van der Waals surface area (Å²) in [5.74, 6) is 0. The third kappa shape index (κ3) is 2.59. The number of hydrogen-bond acceptors (Lipinski definition) is 4. The van der Waals surface area contributed by atoms with E-state index in [-0.39, 0.29) is 0 Å². The van der Waals surface area contributed by atoms with Crippen LogP contribution in [0.5, 0.6) is 0 Å². The summed E-state index contributed by atoms with van der Waals surface area (Å²) in [6.45, 7) is 2.80. The first-order valence-electron chi connectivity index (χ1n) is 8.88. The molecule has 4 aromatic heterocycles. The summed E-state index contributed by atoms with van der Waals surface area (Å²) < 4.78 is 4.01. The molecule has 0 bridgehead atoms. The lowest BCUT2D eigenvalue weighted by molar-refractivity contribution is 0.286. The molecule has 0 unspecified atom stereocenters. The molecule has 0 atom stereocenters. The molecule has 0 saturated heterocycles. The number of aryl methyl sites for hydroxylation is 1. The second-order valence-corrected chi connectivity index (χ2v) is 6.78. The van der Waals surface area contributed by atoms with Gasteiger partial charge in [0, 0.05) is 63.5 Å². The second-order valence-electron chi connectivity index (χ2n) is 6.78. The summed E-state index contributed by atoms with van der Waals surface area (Å²) >= 11 is 0. The fourth-order valence-corrected chi connectivity index (χ4v) is 3.76. The fraction of sp³-hybridized carbons (Fsp3) is 0.250. The monoisotopic (exact) mass is 344 g/mol. The van der Waals surface area contributed by atoms with Gasteiger partial charge in [0.05, 0.1) is 17.1 Å². The molecule has 0 N–H and O–H groups in total. The largest absolute Gasteiger partial charge is 0.307 e. The van der Waals surface area contributed by atoms with Crippen LogP contribution in [0.4, 0.5) is 0 Å². The summed E-state index contributed by atoms with van der Waals surface area (Å²) in [6.07, 6.45) is 8.86. The highest BCUT2D eigenvalue weighted by Crippen LogP contribution is 2.31. The number of pyridine rings is 2. The van der Waals surface area contributed by atoms with Crippen molar-refractivity contribution in [2.45, 2.75) is 19.5 Å². The van der Waals surface area contributed by atoms with Crippen molar-refractivity contribution in [3.05, 3.63) is 72.1 Å². The van der Waals surface area contributed by atoms with E-state index < -0.39 is 0 Å². The summed E-state index contributed by atoms with van der Waals surface area (Å²) in [5, 5.41) is 4.31. The maximum atomic E-state index is 4.70. The van der Waals surface area contributed by atoms with Crippen molar-refractivity contribution in [1.82, 2.24) is 29.0 Å². The van der Waals surface area contributed by atoms with E-state index in [4.69, 9.17) is 4.98 Å². The summed E-state index contributed by atoms with van der Waals surface area (Å²) in [5.41, 5.74) is 7.03. The Labute approximate surface area is 151 Å². The Bertz CT molecular complexity index is 1040. The average molecular weight is 344 g/mol. The first kappa shape index (κ1) is 15.3. The zero-order valence-corrected chi connectivity index (χ0v) is 14.7. The lowest BCUT2D eigenvalue weighted by Gasteiger charge is -2.13. The van der Waals surface area contributed by atoms with Crippen LogP contribution in [-0.4, -0.2) is 35.6 Å². The molecule has 6 nitrogen and oxygen atoms in total. The van der Waals surface area contributed by atoms with Gasteiger partial charge in [-0.05, 0) is 29.8 Å². The molecule has 1 aliphatic heterocycles. The Morgan fingerprint density at radius 1 is 1.08 bits per heavy atom. The molecule has 4 aromatic rings. The Morgan fingerprint density at radius 3 is 2.88 bits per heavy atom. The summed E-state index contributed by atoms with van der Waals surface area (Å²) in [6, 6.07) is 10.3. The molecule has 0 aliphatic carbocycles. The van der Waals surface area contributed by atoms with Crippen LogP contribution in [-0.2, 0) is 26.6 Å². The fourth-order valence-electron chi connectivity index (χ4n) is 3.76. The predicted molar refractivity (Wildman–Crippen MR) is 99.4 cm³/mol. The third-order valence-electron chi connectivity index (χ3n) is 5.10. The Kier molecular flexibility index (Phi) is 3.57. The molecule has 26 heavy (non-hydrogen) atoms. The first-order chi connectivity index (χ1) is 12.8. The zero-order chi connectivity index (χ0) is 17.5. The van der Waals surface area contributed by atoms with Gasteiger partial charge >= 0.3 is 0 Å². The minimum atomic E-state index is 0.897. The topological polar surface area (TPSA) is 51.2 Å². The van der Waals surface area contributed by atoms with Crippen molar-refractivity contribution in [3.63, 3.8) is 0 Å². The Hall–Kier alpha value is -2.99. The van der Waals surface area contributed by atoms with E-state index in [0.717, 1.165) is 43.1 Å². The number of hydrogen-bond donors (Lipinski definition) is 0. The number of rotatable bonds is 4. The van der Waals surface area contributed by atoms with Gasteiger partial charge in [-0.3, -0.25) is 14.6 Å². The highest BCUT2D eigenvalue weighted by molar-refractivity contribution is 5.65. The summed E-state index contributed by atoms with van der Waals surface area (Å²) in [4.78, 5) is 11.8. The molecular weight excluding hydrogens is 324 g/mol. The van der Waals surface area contributed by atoms with Crippen LogP contribution in [0.15, 0.2) is 55.1 Å². The van der Waals surface area contributed by atoms with Gasteiger partial charge in [0.2, 0.25) is 0 Å². The lowest BCUT2D eigenvalue weighted by Crippen LogP contribution is -2.19. The van der Waals surface area contributed by atoms with Crippen molar-refractivity contribution in [3.8, 4) is 11.3 Å². The maximum absolute atomic E-state index is 4.70. The third-order valence-corrected chi connectivity index (χ3v) is 5.10. The van der Waals surface area contributed by atoms with Gasteiger partial charge in [-0.1, -0.05) is 6.07 Å². The van der Waals surface area contributed by atoms with Crippen molar-refractivity contribution in [2.75, 3.05) is 6.54 Å². The Balaban J connectivity index is 1.34. The maximum Gasteiger partial charge on any atom is 0.136 e. The first-order valence-corrected chi connectivity index (χ1v) is 8.88. The van der Waals surface area contributed by atoms with E-state index in [2.05, 4.69) is 37.7 Å². The van der Waals surface area contributed by atoms with Crippen LogP contribution >= 0.6 is 0 Å². The molecule has 1 aliphatic rings. The van der Waals surface area contributed by atoms with Gasteiger partial charge in [-0.2, -0.15) is 5.10 Å². The molecule has 5 rings (SSSR count). The summed E-state index contributed by atoms with van der Waals surface area (Å²) in [7, 11) is 1.98. The van der Waals surface area contributed by atoms with Crippen LogP contribution in [0.1, 0.15) is 17.0 Å². The predicted octanol–water partition coefficient (Wildman–Crippen LogP) is 2.69. The highest BCUT2D eigenvalue weighted by atomic mass is 15.3. The number of aromatic nitrogens is 5. The van der Waals surface area contributed by atoms with Gasteiger partial charge in [-0.15, -0.1) is 0 Å². The second kappa shape index (κ2) is 6.07. The smallest absolute Gasteiger partial charge is 0.136 e. The van der Waals surface area contributed by atoms with Gasteiger partial charge < -0.3 is 4.40 Å². The van der Waals surface area contributed by atoms with Crippen LogP contribution in [0, 0.1) is 0 Å². The SMILES string of the molecule is Cn1nccc1-c1ccnc2c1CN(CCc1cn3ccccc3n1)C2. The molecule has 130 valence electrons. The van der Waals surface area contributed by atoms with E-state index in [1.807, 2.05) is 48.5 Å². The normalized spacial score (nSPS) is 14.2. The number of imidazole rings is 1.